The van der Waals surface area contributed by atoms with Crippen LogP contribution in [0.1, 0.15) is 32.7 Å². The van der Waals surface area contributed by atoms with E-state index >= 15 is 4.39 Å². The third-order valence-electron chi connectivity index (χ3n) is 7.83. The van der Waals surface area contributed by atoms with Crippen LogP contribution in [-0.4, -0.2) is 66.6 Å². The monoisotopic (exact) mass is 610 g/mol. The lowest BCUT2D eigenvalue weighted by molar-refractivity contribution is -0.123. The third kappa shape index (κ3) is 6.72. The number of aromatic nitrogens is 1. The Morgan fingerprint density at radius 3 is 2.71 bits per heavy atom. The highest BCUT2D eigenvalue weighted by Gasteiger charge is 2.35. The number of halogens is 1. The summed E-state index contributed by atoms with van der Waals surface area (Å²) in [6.45, 7) is 0.491. The number of nitrogens with zero attached hydrogens (tertiary/aromatic N) is 2. The number of pyridine rings is 1. The summed E-state index contributed by atoms with van der Waals surface area (Å²) in [5, 5.41) is 5.78. The van der Waals surface area contributed by atoms with Gasteiger partial charge in [0, 0.05) is 50.1 Å². The molecule has 2 N–H and O–H groups in total. The van der Waals surface area contributed by atoms with Crippen molar-refractivity contribution >= 4 is 17.7 Å². The molecule has 3 aliphatic rings. The molecule has 2 atom stereocenters. The first-order chi connectivity index (χ1) is 21.9. The number of carbonyl (C=O) groups is 3. The Hall–Kier alpha value is -5.45. The standard InChI is InChI=1S/C34H31FN4O6/c1-43-31-16-26-9-7-23(31)18-37-32(40)20-44-25-6-2-4-21(14-25)22-8-10-28(35)27(15-22)33(41)38-29-19-39(13-11-30(29)45-26)34(42)24-5-3-12-36-17-24/h2-10,12,14-17,29-30H,11,13,18-20H2,1H3,(H,37,40)(H,38,41)/t29-,30+/m1/s1. The summed E-state index contributed by atoms with van der Waals surface area (Å²) in [6.07, 6.45) is 2.93. The number of rotatable bonds is 2. The molecule has 0 unspecified atom stereocenters. The molecule has 11 heteroatoms. The molecule has 3 amide bonds. The molecule has 1 saturated heterocycles. The zero-order chi connectivity index (χ0) is 31.3. The summed E-state index contributed by atoms with van der Waals surface area (Å²) in [5.74, 6) is -0.481. The minimum Gasteiger partial charge on any atom is -0.496 e. The SMILES string of the molecule is COc1cc2ccc1CNC(=O)COc1cccc(c1)-c1ccc(F)c(c1)C(=O)N[C@@H]1CN(C(=O)c3cccnc3)CC[C@@H]1O2. The Labute approximate surface area is 259 Å². The summed E-state index contributed by atoms with van der Waals surface area (Å²) < 4.78 is 32.8. The lowest BCUT2D eigenvalue weighted by Crippen LogP contribution is -2.58. The number of likely N-dealkylation sites (tertiary alicyclic amines) is 1. The Morgan fingerprint density at radius 1 is 1.02 bits per heavy atom. The molecule has 10 nitrogen and oxygen atoms in total. The topological polar surface area (TPSA) is 119 Å². The fraction of sp³-hybridized carbons (Fsp3) is 0.235. The normalized spacial score (nSPS) is 18.4. The van der Waals surface area contributed by atoms with Crippen molar-refractivity contribution in [2.24, 2.45) is 0 Å². The van der Waals surface area contributed by atoms with Gasteiger partial charge in [-0.1, -0.05) is 18.2 Å². The maximum Gasteiger partial charge on any atom is 0.258 e. The van der Waals surface area contributed by atoms with Crippen LogP contribution in [-0.2, 0) is 11.3 Å². The fourth-order valence-electron chi connectivity index (χ4n) is 5.47. The molecule has 7 rings (SSSR count). The average Bonchev–Trinajstić information content (AvgIpc) is 3.07. The van der Waals surface area contributed by atoms with E-state index in [9.17, 15) is 14.4 Å². The number of carbonyl (C=O) groups excluding carboxylic acids is 3. The first-order valence-electron chi connectivity index (χ1n) is 14.5. The maximum atomic E-state index is 15.1. The predicted molar refractivity (Wildman–Crippen MR) is 163 cm³/mol. The van der Waals surface area contributed by atoms with Crippen molar-refractivity contribution in [2.75, 3.05) is 26.8 Å². The molecule has 4 heterocycles. The lowest BCUT2D eigenvalue weighted by Gasteiger charge is -2.39. The molecule has 45 heavy (non-hydrogen) atoms. The second-order valence-electron chi connectivity index (χ2n) is 10.8. The largest absolute Gasteiger partial charge is 0.496 e. The summed E-state index contributed by atoms with van der Waals surface area (Å²) in [5.41, 5.74) is 2.25. The second kappa shape index (κ2) is 13.0. The van der Waals surface area contributed by atoms with Gasteiger partial charge in [-0.3, -0.25) is 19.4 Å². The molecule has 6 bridgehead atoms. The average molecular weight is 611 g/mol. The fourth-order valence-corrected chi connectivity index (χ4v) is 5.47. The number of hydrogen-bond donors (Lipinski definition) is 2. The molecule has 0 saturated carbocycles. The summed E-state index contributed by atoms with van der Waals surface area (Å²) >= 11 is 0. The highest BCUT2D eigenvalue weighted by Crippen LogP contribution is 2.29. The zero-order valence-electron chi connectivity index (χ0n) is 24.5. The van der Waals surface area contributed by atoms with E-state index < -0.39 is 23.9 Å². The van der Waals surface area contributed by atoms with Gasteiger partial charge in [-0.15, -0.1) is 0 Å². The van der Waals surface area contributed by atoms with E-state index in [1.54, 1.807) is 71.8 Å². The van der Waals surface area contributed by atoms with E-state index in [-0.39, 0.29) is 37.1 Å². The van der Waals surface area contributed by atoms with Gasteiger partial charge in [0.1, 0.15) is 29.2 Å². The number of hydrogen-bond acceptors (Lipinski definition) is 7. The number of benzene rings is 3. The smallest absolute Gasteiger partial charge is 0.258 e. The first-order valence-corrected chi connectivity index (χ1v) is 14.5. The van der Waals surface area contributed by atoms with Crippen LogP contribution in [0, 0.1) is 5.82 Å². The molecule has 0 radical (unpaired) electrons. The van der Waals surface area contributed by atoms with Crippen molar-refractivity contribution in [2.45, 2.75) is 25.1 Å². The maximum absolute atomic E-state index is 15.1. The minimum atomic E-state index is -0.695. The van der Waals surface area contributed by atoms with Crippen LogP contribution in [0.5, 0.6) is 17.2 Å². The van der Waals surface area contributed by atoms with Gasteiger partial charge in [0.25, 0.3) is 17.7 Å². The number of fused-ring (bicyclic) bond motifs is 7. The Morgan fingerprint density at radius 2 is 1.89 bits per heavy atom. The first kappa shape index (κ1) is 29.6. The van der Waals surface area contributed by atoms with Crippen LogP contribution in [0.4, 0.5) is 4.39 Å². The lowest BCUT2D eigenvalue weighted by atomic mass is 9.99. The Balaban J connectivity index is 1.36. The Kier molecular flexibility index (Phi) is 8.58. The van der Waals surface area contributed by atoms with Crippen LogP contribution in [0.3, 0.4) is 0 Å². The molecule has 3 aliphatic heterocycles. The molecule has 0 aliphatic carbocycles. The van der Waals surface area contributed by atoms with Gasteiger partial charge in [0.05, 0.1) is 24.3 Å². The van der Waals surface area contributed by atoms with Crippen LogP contribution >= 0.6 is 0 Å². The van der Waals surface area contributed by atoms with Gasteiger partial charge >= 0.3 is 0 Å². The number of ether oxygens (including phenoxy) is 3. The van der Waals surface area contributed by atoms with Gasteiger partial charge in [-0.2, -0.15) is 0 Å². The van der Waals surface area contributed by atoms with Crippen molar-refractivity contribution < 1.29 is 33.0 Å². The second-order valence-corrected chi connectivity index (χ2v) is 10.8. The highest BCUT2D eigenvalue weighted by molar-refractivity contribution is 5.96. The number of amides is 3. The van der Waals surface area contributed by atoms with Crippen LogP contribution in [0.2, 0.25) is 0 Å². The van der Waals surface area contributed by atoms with E-state index in [4.69, 9.17) is 14.2 Å². The van der Waals surface area contributed by atoms with Crippen LogP contribution in [0.25, 0.3) is 11.1 Å². The Bertz CT molecular complexity index is 1730. The number of methoxy groups -OCH3 is 1. The van der Waals surface area contributed by atoms with Crippen molar-refractivity contribution in [1.29, 1.82) is 0 Å². The van der Waals surface area contributed by atoms with Crippen LogP contribution < -0.4 is 24.8 Å². The van der Waals surface area contributed by atoms with E-state index in [1.807, 2.05) is 0 Å². The highest BCUT2D eigenvalue weighted by atomic mass is 19.1. The quantitative estimate of drug-likeness (QED) is 0.352. The van der Waals surface area contributed by atoms with Crippen molar-refractivity contribution in [3.63, 3.8) is 0 Å². The van der Waals surface area contributed by atoms with Gasteiger partial charge in [0.15, 0.2) is 6.61 Å². The van der Waals surface area contributed by atoms with Gasteiger partial charge in [-0.05, 0) is 59.7 Å². The van der Waals surface area contributed by atoms with Crippen molar-refractivity contribution in [3.8, 4) is 28.4 Å². The van der Waals surface area contributed by atoms with Crippen molar-refractivity contribution in [3.05, 3.63) is 108 Å². The molecule has 3 aromatic carbocycles. The number of nitrogens with one attached hydrogen (secondary N) is 2. The van der Waals surface area contributed by atoms with Crippen LogP contribution in [0.15, 0.2) is 85.2 Å². The van der Waals surface area contributed by atoms with E-state index in [1.165, 1.54) is 25.4 Å². The molecule has 230 valence electrons. The third-order valence-corrected chi connectivity index (χ3v) is 7.83. The van der Waals surface area contributed by atoms with E-state index in [2.05, 4.69) is 15.6 Å². The van der Waals surface area contributed by atoms with E-state index in [0.717, 1.165) is 5.56 Å². The van der Waals surface area contributed by atoms with Gasteiger partial charge < -0.3 is 29.7 Å². The molecule has 1 aromatic heterocycles. The molecule has 4 aromatic rings. The molecular formula is C34H31FN4O6. The zero-order valence-corrected chi connectivity index (χ0v) is 24.5. The van der Waals surface area contributed by atoms with Gasteiger partial charge in [-0.25, -0.2) is 4.39 Å². The van der Waals surface area contributed by atoms with Gasteiger partial charge in [0.2, 0.25) is 0 Å². The predicted octanol–water partition coefficient (Wildman–Crippen LogP) is 4.00. The summed E-state index contributed by atoms with van der Waals surface area (Å²) in [6, 6.07) is 19.2. The van der Waals surface area contributed by atoms with E-state index in [0.29, 0.717) is 46.9 Å². The minimum absolute atomic E-state index is 0.131. The van der Waals surface area contributed by atoms with Crippen molar-refractivity contribution in [1.82, 2.24) is 20.5 Å². The summed E-state index contributed by atoms with van der Waals surface area (Å²) in [4.78, 5) is 45.2. The molecular weight excluding hydrogens is 579 g/mol. The summed E-state index contributed by atoms with van der Waals surface area (Å²) in [7, 11) is 1.52. The molecule has 0 spiro atoms. The number of piperidine rings is 1. The molecule has 1 fully saturated rings.